The van der Waals surface area contributed by atoms with E-state index in [1.165, 1.54) is 44.4 Å². The second-order valence-electron chi connectivity index (χ2n) is 34.0. The summed E-state index contributed by atoms with van der Waals surface area (Å²) in [6.07, 6.45) is 8.46. The van der Waals surface area contributed by atoms with Gasteiger partial charge >= 0.3 is 6.09 Å². The number of amides is 10. The van der Waals surface area contributed by atoms with Crippen LogP contribution in [0, 0.1) is 5.92 Å². The fourth-order valence-corrected chi connectivity index (χ4v) is 15.3. The molecule has 42 heteroatoms. The van der Waals surface area contributed by atoms with Crippen molar-refractivity contribution >= 4 is 111 Å². The maximum atomic E-state index is 13.4. The molecule has 0 radical (unpaired) electrons. The molecule has 136 heavy (non-hydrogen) atoms. The van der Waals surface area contributed by atoms with Crippen molar-refractivity contribution in [2.24, 2.45) is 34.1 Å². The number of anilines is 7. The minimum atomic E-state index is -0.629. The monoisotopic (exact) mass is 1920 g/mol. The van der Waals surface area contributed by atoms with E-state index in [1.54, 1.807) is 45.9 Å². The van der Waals surface area contributed by atoms with Gasteiger partial charge in [0.2, 0.25) is 41.2 Å². The molecule has 10 rings (SSSR count). The molecule has 9 N–H and O–H groups in total. The van der Waals surface area contributed by atoms with Crippen LogP contribution in [0.5, 0.6) is 0 Å². The Labute approximate surface area is 798 Å². The van der Waals surface area contributed by atoms with Crippen LogP contribution in [0.25, 0.3) is 11.1 Å². The number of aryl methyl sites for hydroxylation is 4. The van der Waals surface area contributed by atoms with Crippen molar-refractivity contribution < 1.29 is 105 Å². The molecule has 3 aliphatic heterocycles. The summed E-state index contributed by atoms with van der Waals surface area (Å²) in [7, 11) is 6.41. The molecule has 0 aliphatic carbocycles. The molecule has 4 aromatic heterocycles. The number of rotatable bonds is 58. The summed E-state index contributed by atoms with van der Waals surface area (Å²) >= 11 is 6.14. The first-order valence-corrected chi connectivity index (χ1v) is 46.5. The third-order valence-electron chi connectivity index (χ3n) is 22.1. The van der Waals surface area contributed by atoms with Crippen molar-refractivity contribution in [1.29, 1.82) is 0 Å². The number of ether oxygens (including phenoxy) is 12. The number of nitrogens with one attached hydrogen (secondary N) is 9. The molecule has 7 heterocycles. The third-order valence-corrected chi connectivity index (χ3v) is 22.3. The molecular formula is C94H134ClN19O22. The quantitative estimate of drug-likeness (QED) is 0.0168. The molecule has 3 aliphatic rings. The predicted molar refractivity (Wildman–Crippen MR) is 510 cm³/mol. The number of fused-ring (bicyclic) bond motifs is 1. The minimum Gasteiger partial charge on any atom is -0.444 e. The zero-order valence-electron chi connectivity index (χ0n) is 79.5. The van der Waals surface area contributed by atoms with Gasteiger partial charge in [0.25, 0.3) is 23.6 Å². The maximum absolute atomic E-state index is 13.4. The summed E-state index contributed by atoms with van der Waals surface area (Å²) in [6, 6.07) is 24.4. The molecule has 744 valence electrons. The van der Waals surface area contributed by atoms with Gasteiger partial charge < -0.3 is 138 Å². The summed E-state index contributed by atoms with van der Waals surface area (Å²) in [6.45, 7) is 24.3. The Kier molecular flexibility index (Phi) is 44.3. The van der Waals surface area contributed by atoms with Crippen LogP contribution in [-0.2, 0) is 109 Å². The Bertz CT molecular complexity index is 4970. The average Bonchev–Trinajstić information content (AvgIpc) is 0.980. The molecule has 2 fully saturated rings. The maximum Gasteiger partial charge on any atom is 0.410 e. The molecule has 2 atom stereocenters. The number of piperazine rings is 1. The fraction of sp³-hybridized carbons (Fsp3) is 0.553. The highest BCUT2D eigenvalue weighted by Gasteiger charge is 2.34. The summed E-state index contributed by atoms with van der Waals surface area (Å²) < 4.78 is 72.9. The van der Waals surface area contributed by atoms with E-state index in [0.717, 1.165) is 99.7 Å². The van der Waals surface area contributed by atoms with Crippen LogP contribution >= 0.6 is 11.6 Å². The molecule has 0 unspecified atom stereocenters. The number of hydrogen-bond acceptors (Lipinski definition) is 27. The van der Waals surface area contributed by atoms with E-state index in [-0.39, 0.29) is 142 Å². The van der Waals surface area contributed by atoms with E-state index >= 15 is 0 Å². The zero-order chi connectivity index (χ0) is 97.1. The van der Waals surface area contributed by atoms with Gasteiger partial charge in [-0.1, -0.05) is 29.8 Å². The normalized spacial score (nSPS) is 14.8. The van der Waals surface area contributed by atoms with E-state index in [2.05, 4.69) is 80.6 Å². The van der Waals surface area contributed by atoms with Crippen molar-refractivity contribution in [3.63, 3.8) is 0 Å². The molecular weight excluding hydrogens is 1780 g/mol. The lowest BCUT2D eigenvalue weighted by Gasteiger charge is -2.39. The van der Waals surface area contributed by atoms with Gasteiger partial charge in [-0.05, 0) is 130 Å². The fourth-order valence-electron chi connectivity index (χ4n) is 15.2. The van der Waals surface area contributed by atoms with Gasteiger partial charge in [-0.2, -0.15) is 0 Å². The largest absolute Gasteiger partial charge is 0.444 e. The van der Waals surface area contributed by atoms with E-state index in [9.17, 15) is 47.9 Å². The van der Waals surface area contributed by atoms with E-state index in [0.29, 0.717) is 135 Å². The van der Waals surface area contributed by atoms with E-state index < -0.39 is 47.0 Å². The van der Waals surface area contributed by atoms with Crippen molar-refractivity contribution in [2.45, 2.75) is 90.8 Å². The molecule has 0 saturated carbocycles. The smallest absolute Gasteiger partial charge is 0.410 e. The highest BCUT2D eigenvalue weighted by Crippen LogP contribution is 2.42. The Morgan fingerprint density at radius 2 is 0.868 bits per heavy atom. The molecule has 2 saturated heterocycles. The Morgan fingerprint density at radius 3 is 1.37 bits per heavy atom. The van der Waals surface area contributed by atoms with E-state index in [4.69, 9.17) is 68.4 Å². The first-order chi connectivity index (χ1) is 65.6. The number of benzene rings is 3. The van der Waals surface area contributed by atoms with Crippen LogP contribution in [0.4, 0.5) is 44.9 Å². The first-order valence-electron chi connectivity index (χ1n) is 46.2. The summed E-state index contributed by atoms with van der Waals surface area (Å²) in [5.74, 6) is -2.99. The van der Waals surface area contributed by atoms with Crippen molar-refractivity contribution in [3.8, 4) is 11.1 Å². The van der Waals surface area contributed by atoms with Crippen LogP contribution in [0.3, 0.4) is 0 Å². The van der Waals surface area contributed by atoms with Gasteiger partial charge in [0, 0.05) is 173 Å². The van der Waals surface area contributed by atoms with Gasteiger partial charge in [0.05, 0.1) is 163 Å². The number of imidazole rings is 2. The van der Waals surface area contributed by atoms with Crippen molar-refractivity contribution in [3.05, 3.63) is 137 Å². The molecule has 0 bridgehead atoms. The van der Waals surface area contributed by atoms with E-state index in [1.807, 2.05) is 91.2 Å². The SMILES string of the molecule is CC(=O)N1c2ccc(-c3ccc(NC(=O)CCOCCOCCOCCOCCOCCOCCOCCOCCNC(=O)c4cc(NC(=O)c5nc(NC(=O)CCNC(=O)c6cc(NC(=O)c7nc(NC(=O)CCNC(=O)COCCOCCOCCN8CCN(CC9CCN(C(=O)OC(C)(C)C)CC9)CC8)cn7C)cn6C)cn5C)cn4C)cc3)cc2[C@H](Nc2ccc(Cl)cc2)C[C@@H]1C. The molecule has 41 nitrogen and oxygen atoms in total. The number of carbonyl (C=O) groups excluding carboxylic acids is 10. The van der Waals surface area contributed by atoms with Gasteiger partial charge in [-0.3, -0.25) is 48.1 Å². The lowest BCUT2D eigenvalue weighted by molar-refractivity contribution is -0.126. The first kappa shape index (κ1) is 107. The Balaban J connectivity index is 0.469. The summed E-state index contributed by atoms with van der Waals surface area (Å²) in [4.78, 5) is 146. The number of hydrogen-bond donors (Lipinski definition) is 9. The summed E-state index contributed by atoms with van der Waals surface area (Å²) in [5.41, 5.74) is 6.06. The van der Waals surface area contributed by atoms with Gasteiger partial charge in [0.1, 0.15) is 23.6 Å². The number of aromatic nitrogens is 6. The topological polar surface area (TPSA) is 448 Å². The Morgan fingerprint density at radius 1 is 0.426 bits per heavy atom. The number of halogens is 1. The Hall–Kier alpha value is -11.3. The van der Waals surface area contributed by atoms with Crippen LogP contribution in [0.2, 0.25) is 5.02 Å². The van der Waals surface area contributed by atoms with Crippen LogP contribution in [0.1, 0.15) is 127 Å². The molecule has 7 aromatic rings. The van der Waals surface area contributed by atoms with Gasteiger partial charge in [-0.15, -0.1) is 0 Å². The average molecular weight is 1920 g/mol. The minimum absolute atomic E-state index is 0.00232. The molecule has 10 amide bonds. The second kappa shape index (κ2) is 56.4. The zero-order valence-corrected chi connectivity index (χ0v) is 80.2. The molecule has 0 spiro atoms. The highest BCUT2D eigenvalue weighted by atomic mass is 35.5. The van der Waals surface area contributed by atoms with Gasteiger partial charge in [0.15, 0.2) is 11.6 Å². The highest BCUT2D eigenvalue weighted by molar-refractivity contribution is 6.30. The lowest BCUT2D eigenvalue weighted by atomic mass is 9.89. The van der Waals surface area contributed by atoms with Crippen LogP contribution < -0.4 is 52.8 Å². The predicted octanol–water partition coefficient (Wildman–Crippen LogP) is 7.36. The standard InChI is InChI=1S/C94H134ClN19O22/c1-66-56-77(99-72-17-13-71(95)14-18-72)76-57-70(12-19-78(76)114(66)67(2)115)69-10-15-73(16-11-69)100-85(118)24-35-125-38-41-128-44-46-130-48-50-132-52-53-133-51-49-131-47-45-129-42-39-126-36-27-98-90(121)80-59-75(62-108(80)7)102-92(123)88-106-82(64-110(88)9)104-84(117)21-26-97-89(120)79-58-74(61-107(79)6)101-91(122)87-105-81(63-109(87)8)103-83(116)20-25-96-86(119)65-135-55-54-134-43-40-127-37-34-111-30-32-112(33-31-111)60-68-22-28-113(29-23-68)93(124)136-94(3,4)5/h10-19,57-59,61-64,66,68,77,99H,20-56,60,65H2,1-9H3,(H,96,119)(H,97,120)(H,98,121)(H,100,118)(H,101,122)(H,102,123)(H,103,116)(H,104,117)/t66-,77+/m0/s1. The number of nitrogens with zero attached hydrogens (tertiary/aromatic N) is 10. The van der Waals surface area contributed by atoms with Crippen LogP contribution in [0.15, 0.2) is 104 Å². The molecule has 3 aromatic carbocycles. The summed E-state index contributed by atoms with van der Waals surface area (Å²) in [5, 5.41) is 26.1. The number of carbonyl (C=O) groups is 10. The number of piperidine rings is 1. The second-order valence-corrected chi connectivity index (χ2v) is 34.4. The van der Waals surface area contributed by atoms with Crippen LogP contribution in [-0.4, -0.2) is 331 Å². The van der Waals surface area contributed by atoms with Crippen molar-refractivity contribution in [1.82, 2.24) is 58.9 Å². The number of likely N-dealkylation sites (tertiary alicyclic amines) is 1. The van der Waals surface area contributed by atoms with Crippen molar-refractivity contribution in [2.75, 3.05) is 254 Å². The third kappa shape index (κ3) is 37.0. The lowest BCUT2D eigenvalue weighted by Crippen LogP contribution is -2.50. The van der Waals surface area contributed by atoms with Gasteiger partial charge in [-0.25, -0.2) is 14.8 Å².